The minimum atomic E-state index is 0.575. The molecule has 0 radical (unpaired) electrons. The maximum absolute atomic E-state index is 6.08. The molecule has 0 fully saturated rings. The van der Waals surface area contributed by atoms with Crippen molar-refractivity contribution in [2.45, 2.75) is 13.8 Å². The summed E-state index contributed by atoms with van der Waals surface area (Å²) in [6, 6.07) is 5.50. The summed E-state index contributed by atoms with van der Waals surface area (Å²) < 4.78 is 8.45. The number of nitrogens with zero attached hydrogens (tertiary/aromatic N) is 2. The summed E-state index contributed by atoms with van der Waals surface area (Å²) in [5.41, 5.74) is 1.97. The molecule has 0 amide bonds. The summed E-state index contributed by atoms with van der Waals surface area (Å²) in [6.07, 6.45) is 0. The van der Waals surface area contributed by atoms with E-state index >= 15 is 0 Å². The average Bonchev–Trinajstić information content (AvgIpc) is 2.50. The van der Waals surface area contributed by atoms with Crippen molar-refractivity contribution in [1.29, 1.82) is 0 Å². The molecule has 0 N–H and O–H groups in total. The first-order valence-corrected chi connectivity index (χ1v) is 6.29. The zero-order chi connectivity index (χ0) is 12.6. The molecule has 1 aromatic carbocycles. The van der Waals surface area contributed by atoms with Gasteiger partial charge in [-0.3, -0.25) is 0 Å². The second-order valence-corrected chi connectivity index (χ2v) is 5.14. The van der Waals surface area contributed by atoms with E-state index in [4.69, 9.17) is 16.3 Å². The Morgan fingerprint density at radius 1 is 1.35 bits per heavy atom. The molecule has 17 heavy (non-hydrogen) atoms. The zero-order valence-electron chi connectivity index (χ0n) is 9.79. The Hall–Kier alpha value is -1.00. The summed E-state index contributed by atoms with van der Waals surface area (Å²) in [5, 5.41) is 4.87. The van der Waals surface area contributed by atoms with Crippen LogP contribution in [-0.4, -0.2) is 9.78 Å². The fourth-order valence-corrected chi connectivity index (χ4v) is 2.04. The highest BCUT2D eigenvalue weighted by atomic mass is 79.9. The van der Waals surface area contributed by atoms with Crippen LogP contribution in [-0.2, 0) is 7.05 Å². The largest absolute Gasteiger partial charge is 0.437 e. The van der Waals surface area contributed by atoms with Gasteiger partial charge in [0.15, 0.2) is 0 Å². The molecule has 3 nitrogen and oxygen atoms in total. The molecule has 0 aliphatic heterocycles. The maximum Gasteiger partial charge on any atom is 0.220 e. The molecule has 0 aliphatic rings. The lowest BCUT2D eigenvalue weighted by Gasteiger charge is -2.08. The van der Waals surface area contributed by atoms with Crippen LogP contribution in [0.5, 0.6) is 11.6 Å². The molecule has 0 saturated carbocycles. The number of hydrogen-bond acceptors (Lipinski definition) is 2. The number of benzene rings is 1. The summed E-state index contributed by atoms with van der Waals surface area (Å²) >= 11 is 9.47. The van der Waals surface area contributed by atoms with Crippen LogP contribution in [0, 0.1) is 13.8 Å². The van der Waals surface area contributed by atoms with Crippen LogP contribution in [0.15, 0.2) is 22.7 Å². The van der Waals surface area contributed by atoms with Crippen LogP contribution < -0.4 is 4.74 Å². The van der Waals surface area contributed by atoms with Crippen LogP contribution >= 0.6 is 27.5 Å². The molecule has 1 heterocycles. The molecule has 90 valence electrons. The van der Waals surface area contributed by atoms with Crippen molar-refractivity contribution < 1.29 is 4.74 Å². The van der Waals surface area contributed by atoms with Gasteiger partial charge in [0.1, 0.15) is 5.75 Å². The van der Waals surface area contributed by atoms with Crippen LogP contribution in [0.4, 0.5) is 0 Å². The molecule has 5 heteroatoms. The van der Waals surface area contributed by atoms with Gasteiger partial charge in [0.2, 0.25) is 5.88 Å². The third kappa shape index (κ3) is 2.48. The Kier molecular flexibility index (Phi) is 3.45. The van der Waals surface area contributed by atoms with Crippen molar-refractivity contribution in [2.75, 3.05) is 0 Å². The number of ether oxygens (including phenoxy) is 1. The summed E-state index contributed by atoms with van der Waals surface area (Å²) in [5.74, 6) is 1.33. The Labute approximate surface area is 113 Å². The van der Waals surface area contributed by atoms with Gasteiger partial charge in [-0.15, -0.1) is 0 Å². The molecule has 0 saturated heterocycles. The van der Waals surface area contributed by atoms with Crippen molar-refractivity contribution in [3.05, 3.63) is 39.0 Å². The van der Waals surface area contributed by atoms with Gasteiger partial charge >= 0.3 is 0 Å². The van der Waals surface area contributed by atoms with E-state index in [0.717, 1.165) is 15.7 Å². The van der Waals surface area contributed by atoms with Crippen molar-refractivity contribution in [1.82, 2.24) is 9.78 Å². The molecule has 0 unspecified atom stereocenters. The van der Waals surface area contributed by atoms with Gasteiger partial charge in [-0.25, -0.2) is 4.68 Å². The first kappa shape index (κ1) is 12.5. The molecule has 0 atom stereocenters. The van der Waals surface area contributed by atoms with Crippen molar-refractivity contribution >= 4 is 27.5 Å². The lowest BCUT2D eigenvalue weighted by molar-refractivity contribution is 0.427. The number of rotatable bonds is 2. The van der Waals surface area contributed by atoms with E-state index in [9.17, 15) is 0 Å². The quantitative estimate of drug-likeness (QED) is 0.828. The van der Waals surface area contributed by atoms with Gasteiger partial charge in [-0.05, 0) is 32.0 Å². The van der Waals surface area contributed by atoms with Crippen molar-refractivity contribution in [3.8, 4) is 11.6 Å². The van der Waals surface area contributed by atoms with Crippen molar-refractivity contribution in [2.24, 2.45) is 7.05 Å². The summed E-state index contributed by atoms with van der Waals surface area (Å²) in [7, 11) is 1.85. The monoisotopic (exact) mass is 314 g/mol. The average molecular weight is 316 g/mol. The Bertz CT molecular complexity index is 566. The third-order valence-electron chi connectivity index (χ3n) is 2.56. The highest BCUT2D eigenvalue weighted by Crippen LogP contribution is 2.33. The van der Waals surface area contributed by atoms with E-state index in [1.807, 2.05) is 33.0 Å². The molecule has 0 aliphatic carbocycles. The van der Waals surface area contributed by atoms with Gasteiger partial charge in [0.05, 0.1) is 10.7 Å². The van der Waals surface area contributed by atoms with E-state index in [2.05, 4.69) is 21.0 Å². The van der Waals surface area contributed by atoms with E-state index in [0.29, 0.717) is 16.7 Å². The minimum absolute atomic E-state index is 0.575. The standard InChI is InChI=1S/C12H12BrClN2O/c1-7-8(2)15-16(3)12(7)17-11-6-9(13)4-5-10(11)14/h4-6H,1-3H3. The van der Waals surface area contributed by atoms with E-state index in [1.54, 1.807) is 10.7 Å². The minimum Gasteiger partial charge on any atom is -0.437 e. The molecular weight excluding hydrogens is 304 g/mol. The van der Waals surface area contributed by atoms with Gasteiger partial charge in [0, 0.05) is 17.1 Å². The summed E-state index contributed by atoms with van der Waals surface area (Å²) in [4.78, 5) is 0. The Morgan fingerprint density at radius 2 is 2.06 bits per heavy atom. The fraction of sp³-hybridized carbons (Fsp3) is 0.250. The topological polar surface area (TPSA) is 27.1 Å². The Balaban J connectivity index is 2.41. The zero-order valence-corrected chi connectivity index (χ0v) is 12.1. The maximum atomic E-state index is 6.08. The molecule has 1 aromatic heterocycles. The first-order valence-electron chi connectivity index (χ1n) is 5.12. The number of aromatic nitrogens is 2. The Morgan fingerprint density at radius 3 is 2.65 bits per heavy atom. The highest BCUT2D eigenvalue weighted by Gasteiger charge is 2.13. The molecular formula is C12H12BrClN2O. The predicted molar refractivity (Wildman–Crippen MR) is 71.9 cm³/mol. The van der Waals surface area contributed by atoms with Crippen LogP contribution in [0.3, 0.4) is 0 Å². The molecule has 0 spiro atoms. The second kappa shape index (κ2) is 4.70. The van der Waals surface area contributed by atoms with Gasteiger partial charge in [0.25, 0.3) is 0 Å². The highest BCUT2D eigenvalue weighted by molar-refractivity contribution is 9.10. The third-order valence-corrected chi connectivity index (χ3v) is 3.36. The van der Waals surface area contributed by atoms with Gasteiger partial charge < -0.3 is 4.74 Å². The van der Waals surface area contributed by atoms with E-state index in [1.165, 1.54) is 0 Å². The molecule has 0 bridgehead atoms. The summed E-state index contributed by atoms with van der Waals surface area (Å²) in [6.45, 7) is 3.92. The van der Waals surface area contributed by atoms with Crippen LogP contribution in [0.2, 0.25) is 5.02 Å². The van der Waals surface area contributed by atoms with Crippen LogP contribution in [0.25, 0.3) is 0 Å². The predicted octanol–water partition coefficient (Wildman–Crippen LogP) is 4.25. The lowest BCUT2D eigenvalue weighted by atomic mass is 10.3. The number of halogens is 2. The fourth-order valence-electron chi connectivity index (χ4n) is 1.55. The smallest absolute Gasteiger partial charge is 0.220 e. The first-order chi connectivity index (χ1) is 7.99. The molecule has 2 rings (SSSR count). The van der Waals surface area contributed by atoms with Crippen molar-refractivity contribution in [3.63, 3.8) is 0 Å². The van der Waals surface area contributed by atoms with Crippen LogP contribution in [0.1, 0.15) is 11.3 Å². The second-order valence-electron chi connectivity index (χ2n) is 3.82. The SMILES string of the molecule is Cc1nn(C)c(Oc2cc(Br)ccc2Cl)c1C. The number of aryl methyl sites for hydroxylation is 2. The van der Waals surface area contributed by atoms with Gasteiger partial charge in [-0.2, -0.15) is 5.10 Å². The lowest BCUT2D eigenvalue weighted by Crippen LogP contribution is -1.96. The number of hydrogen-bond donors (Lipinski definition) is 0. The van der Waals surface area contributed by atoms with E-state index in [-0.39, 0.29) is 0 Å². The normalized spacial score (nSPS) is 10.6. The molecule has 2 aromatic rings. The van der Waals surface area contributed by atoms with E-state index < -0.39 is 0 Å². The van der Waals surface area contributed by atoms with Gasteiger partial charge in [-0.1, -0.05) is 27.5 Å².